The van der Waals surface area contributed by atoms with Crippen LogP contribution in [0.5, 0.6) is 5.75 Å². The van der Waals surface area contributed by atoms with Crippen LogP contribution in [0.1, 0.15) is 0 Å². The van der Waals surface area contributed by atoms with Crippen molar-refractivity contribution in [3.63, 3.8) is 0 Å². The van der Waals surface area contributed by atoms with E-state index in [0.29, 0.717) is 33.9 Å². The van der Waals surface area contributed by atoms with Gasteiger partial charge in [0, 0.05) is 16.0 Å². The molecule has 0 heterocycles. The summed E-state index contributed by atoms with van der Waals surface area (Å²) in [5, 5.41) is 4.63. The predicted molar refractivity (Wildman–Crippen MR) is 89.6 cm³/mol. The quantitative estimate of drug-likeness (QED) is 0.637. The van der Waals surface area contributed by atoms with Crippen LogP contribution in [0, 0.1) is 0 Å². The lowest BCUT2D eigenvalue weighted by molar-refractivity contribution is 0.333. The first kappa shape index (κ1) is 15.8. The average Bonchev–Trinajstić information content (AvgIpc) is 2.39. The van der Waals surface area contributed by atoms with Gasteiger partial charge >= 0.3 is 0 Å². The predicted octanol–water partition coefficient (Wildman–Crippen LogP) is 5.90. The molecule has 0 fully saturated rings. The van der Waals surface area contributed by atoms with Gasteiger partial charge in [0.05, 0.1) is 15.7 Å². The van der Waals surface area contributed by atoms with E-state index in [1.54, 1.807) is 12.1 Å². The minimum atomic E-state index is 0.492. The summed E-state index contributed by atoms with van der Waals surface area (Å²) in [5.74, 6) is 0.809. The van der Waals surface area contributed by atoms with Crippen molar-refractivity contribution in [3.05, 3.63) is 55.9 Å². The minimum Gasteiger partial charge on any atom is -0.492 e. The first-order valence-electron chi connectivity index (χ1n) is 5.83. The number of rotatable bonds is 5. The Morgan fingerprint density at radius 3 is 2.20 bits per heavy atom. The topological polar surface area (TPSA) is 21.3 Å². The van der Waals surface area contributed by atoms with Crippen LogP contribution < -0.4 is 10.1 Å². The highest BCUT2D eigenvalue weighted by molar-refractivity contribution is 9.10. The number of anilines is 1. The van der Waals surface area contributed by atoms with E-state index in [-0.39, 0.29) is 0 Å². The van der Waals surface area contributed by atoms with Crippen molar-refractivity contribution >= 4 is 56.4 Å². The van der Waals surface area contributed by atoms with Crippen molar-refractivity contribution in [2.45, 2.75) is 0 Å². The highest BCUT2D eigenvalue weighted by Gasteiger charge is 2.07. The van der Waals surface area contributed by atoms with Gasteiger partial charge in [0.15, 0.2) is 0 Å². The molecule has 0 spiro atoms. The molecule has 0 radical (unpaired) electrons. The molecule has 0 amide bonds. The summed E-state index contributed by atoms with van der Waals surface area (Å²) in [4.78, 5) is 0. The van der Waals surface area contributed by atoms with Crippen LogP contribution in [0.4, 0.5) is 5.69 Å². The van der Waals surface area contributed by atoms with Crippen LogP contribution in [0.25, 0.3) is 0 Å². The van der Waals surface area contributed by atoms with Gasteiger partial charge in [-0.1, -0.05) is 50.7 Å². The van der Waals surface area contributed by atoms with E-state index >= 15 is 0 Å². The van der Waals surface area contributed by atoms with Gasteiger partial charge in [-0.2, -0.15) is 0 Å². The number of benzene rings is 2. The standard InChI is InChI=1S/C14H11BrCl3NO/c15-9-1-3-11(4-2-9)20-6-5-19-14-12(17)7-10(16)8-13(14)18/h1-4,7-8,19H,5-6H2. The third kappa shape index (κ3) is 4.45. The maximum absolute atomic E-state index is 6.07. The first-order chi connectivity index (χ1) is 9.56. The van der Waals surface area contributed by atoms with E-state index in [1.165, 1.54) is 0 Å². The number of halogens is 4. The summed E-state index contributed by atoms with van der Waals surface area (Å²) in [6, 6.07) is 10.9. The lowest BCUT2D eigenvalue weighted by Gasteiger charge is -2.11. The van der Waals surface area contributed by atoms with Gasteiger partial charge in [-0.3, -0.25) is 0 Å². The van der Waals surface area contributed by atoms with Gasteiger partial charge in [-0.25, -0.2) is 0 Å². The van der Waals surface area contributed by atoms with Crippen molar-refractivity contribution in [1.29, 1.82) is 0 Å². The van der Waals surface area contributed by atoms with Crippen LogP contribution in [0.15, 0.2) is 40.9 Å². The summed E-state index contributed by atoms with van der Waals surface area (Å²) in [7, 11) is 0. The Kier molecular flexibility index (Phi) is 5.85. The van der Waals surface area contributed by atoms with Crippen molar-refractivity contribution in [2.24, 2.45) is 0 Å². The fourth-order valence-electron chi connectivity index (χ4n) is 1.59. The lowest BCUT2D eigenvalue weighted by atomic mass is 10.3. The van der Waals surface area contributed by atoms with Crippen molar-refractivity contribution in [1.82, 2.24) is 0 Å². The zero-order chi connectivity index (χ0) is 14.5. The zero-order valence-corrected chi connectivity index (χ0v) is 14.2. The molecule has 106 valence electrons. The van der Waals surface area contributed by atoms with Crippen molar-refractivity contribution in [2.75, 3.05) is 18.5 Å². The van der Waals surface area contributed by atoms with E-state index in [4.69, 9.17) is 39.5 Å². The molecule has 2 aromatic rings. The molecule has 0 aromatic heterocycles. The number of hydrogen-bond donors (Lipinski definition) is 1. The molecule has 2 rings (SSSR count). The second kappa shape index (κ2) is 7.41. The fraction of sp³-hybridized carbons (Fsp3) is 0.143. The molecule has 2 nitrogen and oxygen atoms in total. The van der Waals surface area contributed by atoms with Crippen LogP contribution in [-0.4, -0.2) is 13.2 Å². The highest BCUT2D eigenvalue weighted by atomic mass is 79.9. The molecule has 0 saturated heterocycles. The molecule has 2 aromatic carbocycles. The Bertz CT molecular complexity index is 566. The molecule has 0 saturated carbocycles. The molecule has 20 heavy (non-hydrogen) atoms. The summed E-state index contributed by atoms with van der Waals surface area (Å²) in [6.07, 6.45) is 0. The second-order valence-corrected chi connectivity index (χ2v) is 6.14. The second-order valence-electron chi connectivity index (χ2n) is 3.97. The van der Waals surface area contributed by atoms with E-state index in [9.17, 15) is 0 Å². The lowest BCUT2D eigenvalue weighted by Crippen LogP contribution is -2.12. The van der Waals surface area contributed by atoms with Gasteiger partial charge in [-0.05, 0) is 36.4 Å². The Labute approximate surface area is 141 Å². The maximum atomic E-state index is 6.07. The molecule has 0 unspecified atom stereocenters. The summed E-state index contributed by atoms with van der Waals surface area (Å²) >= 11 is 21.4. The van der Waals surface area contributed by atoms with E-state index in [0.717, 1.165) is 10.2 Å². The maximum Gasteiger partial charge on any atom is 0.119 e. The van der Waals surface area contributed by atoms with E-state index in [1.807, 2.05) is 24.3 Å². The SMILES string of the molecule is Clc1cc(Cl)c(NCCOc2ccc(Br)cc2)c(Cl)c1. The van der Waals surface area contributed by atoms with E-state index in [2.05, 4.69) is 21.2 Å². The van der Waals surface area contributed by atoms with Gasteiger partial charge in [0.25, 0.3) is 0 Å². The molecular formula is C14H11BrCl3NO. The largest absolute Gasteiger partial charge is 0.492 e. The van der Waals surface area contributed by atoms with Crippen molar-refractivity contribution < 1.29 is 4.74 Å². The van der Waals surface area contributed by atoms with E-state index < -0.39 is 0 Å². The first-order valence-corrected chi connectivity index (χ1v) is 7.76. The molecule has 0 atom stereocenters. The number of nitrogens with one attached hydrogen (secondary N) is 1. The Hall–Kier alpha value is -0.610. The normalized spacial score (nSPS) is 10.4. The van der Waals surface area contributed by atoms with Crippen molar-refractivity contribution in [3.8, 4) is 5.75 Å². The monoisotopic (exact) mass is 393 g/mol. The van der Waals surface area contributed by atoms with Gasteiger partial charge in [0.1, 0.15) is 12.4 Å². The Balaban J connectivity index is 1.86. The molecule has 0 aliphatic rings. The summed E-state index contributed by atoms with van der Waals surface area (Å²) < 4.78 is 6.61. The zero-order valence-electron chi connectivity index (χ0n) is 10.3. The molecule has 6 heteroatoms. The van der Waals surface area contributed by atoms with Gasteiger partial charge < -0.3 is 10.1 Å². The molecule has 0 aliphatic carbocycles. The molecule has 0 bridgehead atoms. The van der Waals surface area contributed by atoms with Crippen LogP contribution in [0.2, 0.25) is 15.1 Å². The smallest absolute Gasteiger partial charge is 0.119 e. The summed E-state index contributed by atoms with van der Waals surface area (Å²) in [5.41, 5.74) is 0.664. The van der Waals surface area contributed by atoms with Gasteiger partial charge in [-0.15, -0.1) is 0 Å². The summed E-state index contributed by atoms with van der Waals surface area (Å²) in [6.45, 7) is 1.08. The number of hydrogen-bond acceptors (Lipinski definition) is 2. The Morgan fingerprint density at radius 2 is 1.60 bits per heavy atom. The van der Waals surface area contributed by atoms with Crippen LogP contribution >= 0.6 is 50.7 Å². The minimum absolute atomic E-state index is 0.492. The third-order valence-electron chi connectivity index (χ3n) is 2.49. The average molecular weight is 396 g/mol. The molecular weight excluding hydrogens is 384 g/mol. The number of ether oxygens (including phenoxy) is 1. The van der Waals surface area contributed by atoms with Crippen LogP contribution in [-0.2, 0) is 0 Å². The fourth-order valence-corrected chi connectivity index (χ4v) is 2.80. The molecule has 1 N–H and O–H groups in total. The Morgan fingerprint density at radius 1 is 1.00 bits per heavy atom. The van der Waals surface area contributed by atoms with Crippen LogP contribution in [0.3, 0.4) is 0 Å². The third-order valence-corrected chi connectivity index (χ3v) is 3.84. The van der Waals surface area contributed by atoms with Gasteiger partial charge in [0.2, 0.25) is 0 Å². The highest BCUT2D eigenvalue weighted by Crippen LogP contribution is 2.33. The molecule has 0 aliphatic heterocycles.